The smallest absolute Gasteiger partial charge is 0.416 e. The second-order valence-electron chi connectivity index (χ2n) is 20.1. The first kappa shape index (κ1) is 45.5. The van der Waals surface area contributed by atoms with Crippen LogP contribution >= 0.6 is 12.4 Å². The third-order valence-electron chi connectivity index (χ3n) is 16.3. The van der Waals surface area contributed by atoms with Crippen molar-refractivity contribution in [3.8, 4) is 5.75 Å². The average molecular weight is 819 g/mol. The van der Waals surface area contributed by atoms with E-state index in [0.717, 1.165) is 75.6 Å². The highest BCUT2D eigenvalue weighted by atomic mass is 35.5. The summed E-state index contributed by atoms with van der Waals surface area (Å²) in [7, 11) is 1.85. The highest BCUT2D eigenvalue weighted by Gasteiger charge is 2.71. The molecule has 6 nitrogen and oxygen atoms in total. The number of hydrogen-bond donors (Lipinski definition) is 4. The number of allylic oxidation sites excluding steroid dienone is 2. The largest absolute Gasteiger partial charge is 0.486 e. The molecule has 0 bridgehead atoms. The van der Waals surface area contributed by atoms with Gasteiger partial charge in [-0.15, -0.1) is 12.4 Å². The van der Waals surface area contributed by atoms with E-state index in [1.807, 2.05) is 37.4 Å². The number of aliphatic carboxylic acids is 1. The molecule has 0 amide bonds. The lowest BCUT2D eigenvalue weighted by atomic mass is 9.33. The molecule has 10 unspecified atom stereocenters. The van der Waals surface area contributed by atoms with Gasteiger partial charge >= 0.3 is 12.1 Å². The molecule has 2 aromatic carbocycles. The van der Waals surface area contributed by atoms with Gasteiger partial charge in [-0.2, -0.15) is 13.2 Å². The number of rotatable bonds is 7. The Morgan fingerprint density at radius 2 is 1.51 bits per heavy atom. The SMILES string of the molecule is CC1(C)CCC2(C(=O)O)C(O)CC3(C)C(=CCC4C5(C)CCC(O)C(C)(C)C5CCC43C)C2C1.CNCCC(Oc1ccc(C(F)(F)F)cc1)c1ccccc1.Cl. The molecule has 4 N–H and O–H groups in total. The molecule has 5 aliphatic carbocycles. The first-order chi connectivity index (χ1) is 26.1. The third-order valence-corrected chi connectivity index (χ3v) is 16.3. The van der Waals surface area contributed by atoms with E-state index in [1.54, 1.807) is 0 Å². The van der Waals surface area contributed by atoms with Crippen molar-refractivity contribution in [2.24, 2.45) is 50.2 Å². The topological polar surface area (TPSA) is 99.0 Å². The Morgan fingerprint density at radius 1 is 0.860 bits per heavy atom. The molecule has 0 spiro atoms. The molecule has 0 saturated heterocycles. The van der Waals surface area contributed by atoms with E-state index in [-0.39, 0.29) is 57.6 Å². The number of carbonyl (C=O) groups is 1. The summed E-state index contributed by atoms with van der Waals surface area (Å²) >= 11 is 0. The fraction of sp³-hybridized carbons (Fsp3) is 0.681. The lowest BCUT2D eigenvalue weighted by molar-refractivity contribution is -0.218. The fourth-order valence-corrected chi connectivity index (χ4v) is 12.8. The van der Waals surface area contributed by atoms with Crippen LogP contribution in [-0.4, -0.2) is 47.1 Å². The Morgan fingerprint density at radius 3 is 2.11 bits per heavy atom. The van der Waals surface area contributed by atoms with E-state index in [1.165, 1.54) is 17.7 Å². The molecule has 5 aliphatic rings. The second-order valence-corrected chi connectivity index (χ2v) is 20.1. The monoisotopic (exact) mass is 817 g/mol. The van der Waals surface area contributed by atoms with Crippen LogP contribution in [0.4, 0.5) is 13.2 Å². The van der Waals surface area contributed by atoms with Crippen molar-refractivity contribution in [1.82, 2.24) is 5.32 Å². The highest BCUT2D eigenvalue weighted by Crippen LogP contribution is 2.75. The lowest BCUT2D eigenvalue weighted by Gasteiger charge is -2.71. The fourth-order valence-electron chi connectivity index (χ4n) is 12.8. The van der Waals surface area contributed by atoms with Crippen LogP contribution in [0.15, 0.2) is 66.2 Å². The van der Waals surface area contributed by atoms with Gasteiger partial charge in [-0.25, -0.2) is 0 Å². The third kappa shape index (κ3) is 7.81. The molecule has 318 valence electrons. The Balaban J connectivity index is 0.000000235. The van der Waals surface area contributed by atoms with Crippen LogP contribution in [0, 0.1) is 50.2 Å². The molecule has 10 atom stereocenters. The first-order valence-electron chi connectivity index (χ1n) is 20.9. The number of halogens is 4. The van der Waals surface area contributed by atoms with Crippen molar-refractivity contribution < 1.29 is 38.0 Å². The van der Waals surface area contributed by atoms with E-state index >= 15 is 0 Å². The van der Waals surface area contributed by atoms with Crippen molar-refractivity contribution >= 4 is 18.4 Å². The Hall–Kier alpha value is -2.59. The van der Waals surface area contributed by atoms with Gasteiger partial charge < -0.3 is 25.4 Å². The van der Waals surface area contributed by atoms with E-state index in [2.05, 4.69) is 59.9 Å². The highest BCUT2D eigenvalue weighted by molar-refractivity contribution is 5.85. The van der Waals surface area contributed by atoms with Crippen LogP contribution in [0.1, 0.15) is 130 Å². The predicted molar refractivity (Wildman–Crippen MR) is 221 cm³/mol. The number of carboxylic acid groups (broad SMARTS) is 1. The minimum Gasteiger partial charge on any atom is -0.486 e. The van der Waals surface area contributed by atoms with Gasteiger partial charge in [0, 0.05) is 6.42 Å². The Kier molecular flexibility index (Phi) is 12.9. The van der Waals surface area contributed by atoms with E-state index in [9.17, 15) is 33.3 Å². The molecule has 0 aliphatic heterocycles. The van der Waals surface area contributed by atoms with Crippen molar-refractivity contribution in [1.29, 1.82) is 0 Å². The van der Waals surface area contributed by atoms with Crippen molar-refractivity contribution in [3.05, 3.63) is 77.4 Å². The zero-order valence-corrected chi connectivity index (χ0v) is 36.0. The predicted octanol–water partition coefficient (Wildman–Crippen LogP) is 11.1. The van der Waals surface area contributed by atoms with Gasteiger partial charge in [-0.1, -0.05) is 90.4 Å². The molecular formula is C47H67ClF3NO5. The zero-order chi connectivity index (χ0) is 41.1. The summed E-state index contributed by atoms with van der Waals surface area (Å²) < 4.78 is 43.6. The van der Waals surface area contributed by atoms with E-state index < -0.39 is 29.2 Å². The van der Waals surface area contributed by atoms with Crippen molar-refractivity contribution in [2.45, 2.75) is 137 Å². The van der Waals surface area contributed by atoms with Gasteiger partial charge in [0.15, 0.2) is 0 Å². The summed E-state index contributed by atoms with van der Waals surface area (Å²) in [5, 5.41) is 36.1. The number of aliphatic hydroxyl groups excluding tert-OH is 2. The number of aliphatic hydroxyl groups is 2. The molecule has 0 heterocycles. The Labute approximate surface area is 344 Å². The van der Waals surface area contributed by atoms with Crippen molar-refractivity contribution in [3.63, 3.8) is 0 Å². The van der Waals surface area contributed by atoms with E-state index in [0.29, 0.717) is 30.4 Å². The second kappa shape index (κ2) is 16.1. The molecule has 57 heavy (non-hydrogen) atoms. The number of alkyl halides is 3. The molecule has 4 saturated carbocycles. The normalized spacial score (nSPS) is 36.9. The van der Waals surface area contributed by atoms with E-state index in [4.69, 9.17) is 4.74 Å². The molecule has 7 rings (SSSR count). The minimum absolute atomic E-state index is 0. The number of hydrogen-bond acceptors (Lipinski definition) is 5. The summed E-state index contributed by atoms with van der Waals surface area (Å²) in [4.78, 5) is 12.8. The quantitative estimate of drug-likeness (QED) is 0.208. The summed E-state index contributed by atoms with van der Waals surface area (Å²) in [6.45, 7) is 17.2. The zero-order valence-electron chi connectivity index (χ0n) is 35.2. The molecule has 0 aromatic heterocycles. The molecule has 10 heteroatoms. The van der Waals surface area contributed by atoms with Crippen LogP contribution < -0.4 is 10.1 Å². The van der Waals surface area contributed by atoms with Crippen molar-refractivity contribution in [2.75, 3.05) is 13.6 Å². The van der Waals surface area contributed by atoms with Gasteiger partial charge in [-0.3, -0.25) is 4.79 Å². The number of ether oxygens (including phenoxy) is 1. The molecule has 2 aromatic rings. The molecular weight excluding hydrogens is 751 g/mol. The van der Waals surface area contributed by atoms with Gasteiger partial charge in [0.25, 0.3) is 0 Å². The number of carboxylic acids is 1. The van der Waals surface area contributed by atoms with Crippen LogP contribution in [0.2, 0.25) is 0 Å². The maximum Gasteiger partial charge on any atom is 0.416 e. The maximum atomic E-state index is 12.8. The summed E-state index contributed by atoms with van der Waals surface area (Å²) in [6.07, 6.45) is 5.54. The molecule has 4 fully saturated rings. The Bertz CT molecular complexity index is 1750. The van der Waals surface area contributed by atoms with Gasteiger partial charge in [0.05, 0.1) is 17.8 Å². The minimum atomic E-state index is -4.33. The summed E-state index contributed by atoms with van der Waals surface area (Å²) in [5.74, 6) is 0.517. The average Bonchev–Trinajstić information content (AvgIpc) is 3.12. The van der Waals surface area contributed by atoms with Crippen LogP contribution in [0.25, 0.3) is 0 Å². The number of nitrogens with one attached hydrogen (secondary N) is 1. The van der Waals surface area contributed by atoms with Gasteiger partial charge in [0.1, 0.15) is 17.3 Å². The number of fused-ring (bicyclic) bond motifs is 7. The van der Waals surface area contributed by atoms with Crippen LogP contribution in [0.3, 0.4) is 0 Å². The van der Waals surface area contributed by atoms with Gasteiger partial charge in [-0.05, 0) is 146 Å². The standard InChI is InChI=1S/C30H48O4.C17H18F3NO.ClH/c1-25(2)14-15-30(24(33)34)19(16-25)18-8-9-21-27(5)12-11-22(31)26(3,4)20(27)10-13-28(21,6)29(18,7)17-23(30)32;1-21-12-11-16(13-5-3-2-4-6-13)22-15-9-7-14(8-10-15)17(18,19)20;/h8,19-23,31-32H,9-17H2,1-7H3,(H,33,34);2-10,16,21H,11-12H2,1H3;1H. The maximum absolute atomic E-state index is 12.8. The summed E-state index contributed by atoms with van der Waals surface area (Å²) in [6, 6.07) is 14.4. The van der Waals surface area contributed by atoms with Crippen LogP contribution in [-0.2, 0) is 11.0 Å². The lowest BCUT2D eigenvalue weighted by Crippen LogP contribution is -2.67. The summed E-state index contributed by atoms with van der Waals surface area (Å²) in [5.41, 5.74) is 0.618. The first-order valence-corrected chi connectivity index (χ1v) is 20.9. The molecule has 0 radical (unpaired) electrons. The number of benzene rings is 2. The van der Waals surface area contributed by atoms with Crippen LogP contribution in [0.5, 0.6) is 5.75 Å². The van der Waals surface area contributed by atoms with Gasteiger partial charge in [0.2, 0.25) is 0 Å².